The molecule has 0 bridgehead atoms. The van der Waals surface area contributed by atoms with Crippen molar-refractivity contribution in [1.82, 2.24) is 0 Å². The summed E-state index contributed by atoms with van der Waals surface area (Å²) in [6.07, 6.45) is 2.24. The summed E-state index contributed by atoms with van der Waals surface area (Å²) in [5, 5.41) is 9.20. The van der Waals surface area contributed by atoms with Gasteiger partial charge in [0, 0.05) is 10.9 Å². The van der Waals surface area contributed by atoms with Gasteiger partial charge in [-0.25, -0.2) is 0 Å². The summed E-state index contributed by atoms with van der Waals surface area (Å²) in [5.74, 6) is 1.10. The molecule has 0 aliphatic rings. The van der Waals surface area contributed by atoms with Gasteiger partial charge in [-0.3, -0.25) is 0 Å². The molecular formula is C12H19NOS. The Labute approximate surface area is 95.9 Å². The Hall–Kier alpha value is -0.670. The van der Waals surface area contributed by atoms with Gasteiger partial charge in [0.2, 0.25) is 0 Å². The van der Waals surface area contributed by atoms with E-state index < -0.39 is 0 Å². The number of benzene rings is 1. The number of hydrogen-bond donors (Lipinski definition) is 2. The van der Waals surface area contributed by atoms with Crippen molar-refractivity contribution >= 4 is 17.4 Å². The second kappa shape index (κ2) is 6.75. The maximum Gasteiger partial charge on any atom is 0.0547 e. The molecule has 1 aromatic rings. The molecule has 0 aliphatic carbocycles. The van der Waals surface area contributed by atoms with Crippen LogP contribution in [-0.2, 0) is 6.42 Å². The lowest BCUT2D eigenvalue weighted by molar-refractivity contribution is 0.300. The molecule has 1 atom stereocenters. The summed E-state index contributed by atoms with van der Waals surface area (Å²) in [6, 6.07) is 8.04. The monoisotopic (exact) mass is 225 g/mol. The Bertz CT molecular complexity index is 273. The van der Waals surface area contributed by atoms with E-state index in [2.05, 4.69) is 12.1 Å². The van der Waals surface area contributed by atoms with Gasteiger partial charge in [0.15, 0.2) is 0 Å². The highest BCUT2D eigenvalue weighted by molar-refractivity contribution is 7.99. The molecule has 0 aromatic heterocycles. The van der Waals surface area contributed by atoms with E-state index in [9.17, 15) is 0 Å². The number of nitrogen functional groups attached to an aromatic ring is 1. The molecule has 15 heavy (non-hydrogen) atoms. The van der Waals surface area contributed by atoms with Crippen LogP contribution in [0.3, 0.4) is 0 Å². The number of hydrogen-bond acceptors (Lipinski definition) is 3. The molecule has 84 valence electrons. The van der Waals surface area contributed by atoms with Gasteiger partial charge in [-0.05, 0) is 36.3 Å². The number of aryl methyl sites for hydroxylation is 1. The normalized spacial score (nSPS) is 12.7. The number of anilines is 1. The number of aliphatic hydroxyl groups is 1. The molecule has 1 unspecified atom stereocenters. The molecule has 0 heterocycles. The first-order valence-electron chi connectivity index (χ1n) is 5.29. The largest absolute Gasteiger partial charge is 0.399 e. The molecule has 0 spiro atoms. The van der Waals surface area contributed by atoms with E-state index in [4.69, 9.17) is 10.8 Å². The first kappa shape index (κ1) is 12.4. The lowest BCUT2D eigenvalue weighted by atomic mass is 10.1. The summed E-state index contributed by atoms with van der Waals surface area (Å²) in [6.45, 7) is 2.32. The zero-order valence-electron chi connectivity index (χ0n) is 9.15. The van der Waals surface area contributed by atoms with Crippen LogP contribution >= 0.6 is 11.8 Å². The number of aliphatic hydroxyl groups excluding tert-OH is 1. The van der Waals surface area contributed by atoms with E-state index in [1.807, 2.05) is 30.8 Å². The summed E-state index contributed by atoms with van der Waals surface area (Å²) >= 11 is 1.82. The minimum Gasteiger partial charge on any atom is -0.399 e. The molecule has 0 fully saturated rings. The van der Waals surface area contributed by atoms with Crippen LogP contribution in [0.4, 0.5) is 5.69 Å². The summed E-state index contributed by atoms with van der Waals surface area (Å²) in [4.78, 5) is 0. The minimum absolute atomic E-state index is 0.270. The van der Waals surface area contributed by atoms with Gasteiger partial charge in [-0.15, -0.1) is 0 Å². The molecule has 1 rings (SSSR count). The van der Waals surface area contributed by atoms with E-state index in [0.29, 0.717) is 5.25 Å². The highest BCUT2D eigenvalue weighted by Crippen LogP contribution is 2.13. The lowest BCUT2D eigenvalue weighted by Crippen LogP contribution is -2.03. The van der Waals surface area contributed by atoms with Gasteiger partial charge in [-0.1, -0.05) is 19.1 Å². The van der Waals surface area contributed by atoms with Crippen LogP contribution in [0.25, 0.3) is 0 Å². The number of thioether (sulfide) groups is 1. The molecule has 2 nitrogen and oxygen atoms in total. The van der Waals surface area contributed by atoms with Crippen LogP contribution < -0.4 is 5.73 Å². The zero-order chi connectivity index (χ0) is 11.1. The quantitative estimate of drug-likeness (QED) is 0.577. The van der Waals surface area contributed by atoms with Crippen LogP contribution in [0.1, 0.15) is 18.9 Å². The van der Waals surface area contributed by atoms with Crippen molar-refractivity contribution in [1.29, 1.82) is 0 Å². The van der Waals surface area contributed by atoms with Crippen LogP contribution in [0.2, 0.25) is 0 Å². The number of nitrogens with two attached hydrogens (primary N) is 1. The van der Waals surface area contributed by atoms with Gasteiger partial charge in [0.25, 0.3) is 0 Å². The van der Waals surface area contributed by atoms with Crippen molar-refractivity contribution in [3.63, 3.8) is 0 Å². The predicted octanol–water partition coefficient (Wildman–Crippen LogP) is 2.32. The van der Waals surface area contributed by atoms with Crippen LogP contribution in [0.5, 0.6) is 0 Å². The zero-order valence-corrected chi connectivity index (χ0v) is 9.96. The summed E-state index contributed by atoms with van der Waals surface area (Å²) < 4.78 is 0. The first-order valence-corrected chi connectivity index (χ1v) is 6.34. The topological polar surface area (TPSA) is 46.2 Å². The molecule has 1 aromatic carbocycles. The Morgan fingerprint density at radius 3 is 2.60 bits per heavy atom. The average molecular weight is 225 g/mol. The van der Waals surface area contributed by atoms with E-state index in [-0.39, 0.29) is 6.61 Å². The fraction of sp³-hybridized carbons (Fsp3) is 0.500. The van der Waals surface area contributed by atoms with E-state index in [1.54, 1.807) is 0 Å². The Balaban J connectivity index is 2.17. The van der Waals surface area contributed by atoms with E-state index in [0.717, 1.165) is 24.3 Å². The molecule has 0 radical (unpaired) electrons. The van der Waals surface area contributed by atoms with Crippen molar-refractivity contribution in [2.24, 2.45) is 0 Å². The molecule has 0 amide bonds. The standard InChI is InChI=1S/C12H19NOS/c1-10(9-14)15-8-2-3-11-4-6-12(13)7-5-11/h4-7,10,14H,2-3,8-9,13H2,1H3. The predicted molar refractivity (Wildman–Crippen MR) is 68.2 cm³/mol. The van der Waals surface area contributed by atoms with E-state index >= 15 is 0 Å². The second-order valence-electron chi connectivity index (χ2n) is 3.71. The summed E-state index contributed by atoms with van der Waals surface area (Å²) in [5.41, 5.74) is 7.76. The molecule has 0 saturated heterocycles. The van der Waals surface area contributed by atoms with Gasteiger partial charge in [0.05, 0.1) is 6.61 Å². The SMILES string of the molecule is CC(CO)SCCCc1ccc(N)cc1. The fourth-order valence-corrected chi connectivity index (χ4v) is 2.12. The van der Waals surface area contributed by atoms with Crippen molar-refractivity contribution in [3.8, 4) is 0 Å². The molecule has 3 N–H and O–H groups in total. The third-order valence-corrected chi connectivity index (χ3v) is 3.49. The Morgan fingerprint density at radius 1 is 1.33 bits per heavy atom. The Morgan fingerprint density at radius 2 is 2.00 bits per heavy atom. The number of rotatable bonds is 6. The van der Waals surface area contributed by atoms with Crippen molar-refractivity contribution < 1.29 is 5.11 Å². The Kier molecular flexibility index (Phi) is 5.58. The van der Waals surface area contributed by atoms with Crippen LogP contribution in [0.15, 0.2) is 24.3 Å². The van der Waals surface area contributed by atoms with Gasteiger partial charge in [-0.2, -0.15) is 11.8 Å². The maximum atomic E-state index is 8.85. The third-order valence-electron chi connectivity index (χ3n) is 2.25. The smallest absolute Gasteiger partial charge is 0.0547 e. The first-order chi connectivity index (χ1) is 7.22. The average Bonchev–Trinajstić information content (AvgIpc) is 2.26. The van der Waals surface area contributed by atoms with E-state index in [1.165, 1.54) is 5.56 Å². The molecule has 3 heteroatoms. The molecule has 0 aliphatic heterocycles. The van der Waals surface area contributed by atoms with Gasteiger partial charge < -0.3 is 10.8 Å². The van der Waals surface area contributed by atoms with Crippen LogP contribution in [-0.4, -0.2) is 22.7 Å². The van der Waals surface area contributed by atoms with Crippen molar-refractivity contribution in [2.75, 3.05) is 18.1 Å². The summed E-state index contributed by atoms with van der Waals surface area (Å²) in [7, 11) is 0. The lowest BCUT2D eigenvalue weighted by Gasteiger charge is -2.07. The third kappa shape index (κ3) is 5.09. The maximum absolute atomic E-state index is 8.85. The minimum atomic E-state index is 0.270. The highest BCUT2D eigenvalue weighted by Gasteiger charge is 1.99. The van der Waals surface area contributed by atoms with Crippen molar-refractivity contribution in [2.45, 2.75) is 25.0 Å². The molecule has 0 saturated carbocycles. The van der Waals surface area contributed by atoms with Crippen molar-refractivity contribution in [3.05, 3.63) is 29.8 Å². The highest BCUT2D eigenvalue weighted by atomic mass is 32.2. The fourth-order valence-electron chi connectivity index (χ4n) is 1.30. The van der Waals surface area contributed by atoms with Gasteiger partial charge in [0.1, 0.15) is 0 Å². The molecular weight excluding hydrogens is 206 g/mol. The van der Waals surface area contributed by atoms with Gasteiger partial charge >= 0.3 is 0 Å². The second-order valence-corrected chi connectivity index (χ2v) is 5.26. The van der Waals surface area contributed by atoms with Crippen LogP contribution in [0, 0.1) is 0 Å².